The lowest BCUT2D eigenvalue weighted by atomic mass is 9.85. The van der Waals surface area contributed by atoms with E-state index in [1.165, 1.54) is 18.2 Å². The highest BCUT2D eigenvalue weighted by Gasteiger charge is 2.26. The molecule has 0 amide bonds. The van der Waals surface area contributed by atoms with Gasteiger partial charge in [0.1, 0.15) is 5.82 Å². The Balaban J connectivity index is 2.55. The first kappa shape index (κ1) is 12.1. The highest BCUT2D eigenvalue weighted by Crippen LogP contribution is 2.32. The van der Waals surface area contributed by atoms with E-state index in [-0.39, 0.29) is 5.82 Å². The Labute approximate surface area is 105 Å². The molecule has 0 aromatic heterocycles. The van der Waals surface area contributed by atoms with Crippen molar-refractivity contribution in [3.8, 4) is 0 Å². The minimum absolute atomic E-state index is 0.336. The molecule has 3 heteroatoms. The second kappa shape index (κ2) is 4.47. The molecule has 1 nitrogen and oxygen atoms in total. The van der Waals surface area contributed by atoms with Crippen LogP contribution in [0.25, 0.3) is 0 Å². The summed E-state index contributed by atoms with van der Waals surface area (Å²) in [7, 11) is 0. The fourth-order valence-electron chi connectivity index (χ4n) is 1.84. The third kappa shape index (κ3) is 2.33. The molecule has 0 heterocycles. The minimum atomic E-state index is -0.805. The van der Waals surface area contributed by atoms with E-state index in [9.17, 15) is 4.39 Å². The van der Waals surface area contributed by atoms with Crippen molar-refractivity contribution >= 4 is 11.6 Å². The quantitative estimate of drug-likeness (QED) is 0.863. The molecular formula is C14H13ClFN. The van der Waals surface area contributed by atoms with Crippen LogP contribution in [-0.2, 0) is 5.54 Å². The summed E-state index contributed by atoms with van der Waals surface area (Å²) in [6.45, 7) is 1.82. The molecule has 2 rings (SSSR count). The monoisotopic (exact) mass is 249 g/mol. The molecule has 0 fully saturated rings. The fourth-order valence-corrected chi connectivity index (χ4v) is 2.15. The van der Waals surface area contributed by atoms with E-state index in [1.54, 1.807) is 0 Å². The van der Waals surface area contributed by atoms with Crippen LogP contribution < -0.4 is 5.73 Å². The molecule has 1 atom stereocenters. The number of nitrogens with two attached hydrogens (primary N) is 1. The predicted octanol–water partition coefficient (Wildman–Crippen LogP) is 3.70. The molecule has 2 aromatic carbocycles. The van der Waals surface area contributed by atoms with E-state index >= 15 is 0 Å². The van der Waals surface area contributed by atoms with Gasteiger partial charge in [0.25, 0.3) is 0 Å². The standard InChI is InChI=1S/C14H13ClFN/c1-14(17,10-5-3-2-4-6-10)12-9-11(16)7-8-13(12)15/h2-9H,17H2,1H3. The Morgan fingerprint density at radius 3 is 2.41 bits per heavy atom. The molecule has 1 unspecified atom stereocenters. The molecule has 17 heavy (non-hydrogen) atoms. The number of hydrogen-bond donors (Lipinski definition) is 1. The van der Waals surface area contributed by atoms with Crippen molar-refractivity contribution in [1.82, 2.24) is 0 Å². The molecule has 0 spiro atoms. The van der Waals surface area contributed by atoms with Gasteiger partial charge in [0.05, 0.1) is 5.54 Å². The molecule has 0 saturated heterocycles. The molecule has 0 radical (unpaired) electrons. The summed E-state index contributed by atoms with van der Waals surface area (Å²) in [5.41, 5.74) is 6.96. The third-order valence-electron chi connectivity index (χ3n) is 2.86. The van der Waals surface area contributed by atoms with Gasteiger partial charge in [0.2, 0.25) is 0 Å². The van der Waals surface area contributed by atoms with Crippen LogP contribution in [0.2, 0.25) is 5.02 Å². The van der Waals surface area contributed by atoms with Gasteiger partial charge < -0.3 is 5.73 Å². The lowest BCUT2D eigenvalue weighted by molar-refractivity contribution is 0.582. The van der Waals surface area contributed by atoms with Crippen molar-refractivity contribution in [2.45, 2.75) is 12.5 Å². The first-order valence-electron chi connectivity index (χ1n) is 5.32. The Morgan fingerprint density at radius 2 is 1.76 bits per heavy atom. The van der Waals surface area contributed by atoms with Crippen molar-refractivity contribution in [2.24, 2.45) is 5.73 Å². The normalized spacial score (nSPS) is 14.4. The fraction of sp³-hybridized carbons (Fsp3) is 0.143. The van der Waals surface area contributed by atoms with Gasteiger partial charge >= 0.3 is 0 Å². The lowest BCUT2D eigenvalue weighted by Gasteiger charge is -2.27. The second-order valence-electron chi connectivity index (χ2n) is 4.19. The first-order chi connectivity index (χ1) is 8.01. The maximum absolute atomic E-state index is 13.3. The number of halogens is 2. The average Bonchev–Trinajstić information content (AvgIpc) is 2.33. The smallest absolute Gasteiger partial charge is 0.123 e. The van der Waals surface area contributed by atoms with Crippen LogP contribution in [0.5, 0.6) is 0 Å². The van der Waals surface area contributed by atoms with Gasteiger partial charge in [-0.25, -0.2) is 4.39 Å². The van der Waals surface area contributed by atoms with Crippen LogP contribution in [0.1, 0.15) is 18.1 Å². The van der Waals surface area contributed by atoms with Crippen molar-refractivity contribution in [2.75, 3.05) is 0 Å². The van der Waals surface area contributed by atoms with Gasteiger partial charge in [0.15, 0.2) is 0 Å². The van der Waals surface area contributed by atoms with Gasteiger partial charge in [-0.1, -0.05) is 41.9 Å². The zero-order valence-corrected chi connectivity index (χ0v) is 10.2. The van der Waals surface area contributed by atoms with Gasteiger partial charge in [-0.3, -0.25) is 0 Å². The van der Waals surface area contributed by atoms with E-state index in [0.717, 1.165) is 5.56 Å². The summed E-state index contributed by atoms with van der Waals surface area (Å²) >= 11 is 6.08. The van der Waals surface area contributed by atoms with E-state index in [0.29, 0.717) is 10.6 Å². The van der Waals surface area contributed by atoms with Gasteiger partial charge in [0, 0.05) is 5.02 Å². The maximum Gasteiger partial charge on any atom is 0.123 e. The average molecular weight is 250 g/mol. The SMILES string of the molecule is CC(N)(c1ccccc1)c1cc(F)ccc1Cl. The number of benzene rings is 2. The van der Waals surface area contributed by atoms with E-state index in [1.807, 2.05) is 37.3 Å². The summed E-state index contributed by atoms with van der Waals surface area (Å²) < 4.78 is 13.3. The topological polar surface area (TPSA) is 26.0 Å². The zero-order valence-electron chi connectivity index (χ0n) is 9.45. The van der Waals surface area contributed by atoms with Crippen molar-refractivity contribution < 1.29 is 4.39 Å². The molecule has 0 aliphatic rings. The van der Waals surface area contributed by atoms with E-state index in [4.69, 9.17) is 17.3 Å². The summed E-state index contributed by atoms with van der Waals surface area (Å²) in [6.07, 6.45) is 0. The molecule has 2 aromatic rings. The molecule has 0 bridgehead atoms. The Kier molecular flexibility index (Phi) is 3.18. The summed E-state index contributed by atoms with van der Waals surface area (Å²) in [5, 5.41) is 0.472. The first-order valence-corrected chi connectivity index (χ1v) is 5.69. The lowest BCUT2D eigenvalue weighted by Crippen LogP contribution is -2.34. The molecule has 0 aliphatic heterocycles. The molecule has 88 valence electrons. The Bertz CT molecular complexity index is 523. The van der Waals surface area contributed by atoms with Gasteiger partial charge in [-0.15, -0.1) is 0 Å². The van der Waals surface area contributed by atoms with Crippen molar-refractivity contribution in [3.63, 3.8) is 0 Å². The highest BCUT2D eigenvalue weighted by molar-refractivity contribution is 6.31. The van der Waals surface area contributed by atoms with E-state index in [2.05, 4.69) is 0 Å². The zero-order chi connectivity index (χ0) is 12.5. The molecular weight excluding hydrogens is 237 g/mol. The van der Waals surface area contributed by atoms with Crippen LogP contribution in [0, 0.1) is 5.82 Å². The van der Waals surface area contributed by atoms with Gasteiger partial charge in [-0.2, -0.15) is 0 Å². The maximum atomic E-state index is 13.3. The Morgan fingerprint density at radius 1 is 1.12 bits per heavy atom. The summed E-state index contributed by atoms with van der Waals surface area (Å²) in [5.74, 6) is -0.336. The molecule has 2 N–H and O–H groups in total. The van der Waals surface area contributed by atoms with Crippen LogP contribution in [0.15, 0.2) is 48.5 Å². The molecule has 0 saturated carbocycles. The predicted molar refractivity (Wildman–Crippen MR) is 68.5 cm³/mol. The van der Waals surface area contributed by atoms with Crippen LogP contribution in [0.4, 0.5) is 4.39 Å². The van der Waals surface area contributed by atoms with Crippen molar-refractivity contribution in [3.05, 3.63) is 70.5 Å². The second-order valence-corrected chi connectivity index (χ2v) is 4.60. The summed E-state index contributed by atoms with van der Waals surface area (Å²) in [4.78, 5) is 0. The van der Waals surface area contributed by atoms with Crippen molar-refractivity contribution in [1.29, 1.82) is 0 Å². The summed E-state index contributed by atoms with van der Waals surface area (Å²) in [6, 6.07) is 13.7. The van der Waals surface area contributed by atoms with E-state index < -0.39 is 5.54 Å². The van der Waals surface area contributed by atoms with Crippen LogP contribution >= 0.6 is 11.6 Å². The molecule has 0 aliphatic carbocycles. The van der Waals surface area contributed by atoms with Gasteiger partial charge in [-0.05, 0) is 36.2 Å². The Hall–Kier alpha value is -1.38. The van der Waals surface area contributed by atoms with Crippen LogP contribution in [-0.4, -0.2) is 0 Å². The number of hydrogen-bond acceptors (Lipinski definition) is 1. The minimum Gasteiger partial charge on any atom is -0.318 e. The third-order valence-corrected chi connectivity index (χ3v) is 3.19. The van der Waals surface area contributed by atoms with Crippen LogP contribution in [0.3, 0.4) is 0 Å². The number of rotatable bonds is 2. The highest BCUT2D eigenvalue weighted by atomic mass is 35.5. The largest absolute Gasteiger partial charge is 0.318 e.